The SMILES string of the molecule is CC(C)(C)OC(=O)NC1CCCC(c2ccc3ccccc3n2)C1.CC(C)(C)OC(=O)NC1CCCC(c2ccc3ncccc3c2)C1.CC(C)(C)OC(=O)NC1CCCC(c2ccccn2)C1. The van der Waals surface area contributed by atoms with E-state index < -0.39 is 16.8 Å². The van der Waals surface area contributed by atoms with Crippen molar-refractivity contribution in [1.29, 1.82) is 0 Å². The summed E-state index contributed by atoms with van der Waals surface area (Å²) in [6, 6.07) is 29.6. The van der Waals surface area contributed by atoms with E-state index in [2.05, 4.69) is 80.5 Å². The Morgan fingerprint density at radius 3 is 1.50 bits per heavy atom. The quantitative estimate of drug-likeness (QED) is 0.141. The molecule has 3 aliphatic carbocycles. The Hall–Kier alpha value is -5.78. The maximum absolute atomic E-state index is 12.0. The van der Waals surface area contributed by atoms with Gasteiger partial charge in [-0.2, -0.15) is 0 Å². The van der Waals surface area contributed by atoms with E-state index in [1.807, 2.05) is 105 Å². The highest BCUT2D eigenvalue weighted by atomic mass is 16.6. The van der Waals surface area contributed by atoms with Gasteiger partial charge in [-0.3, -0.25) is 15.0 Å². The molecule has 3 aromatic heterocycles. The smallest absolute Gasteiger partial charge is 0.407 e. The number of ether oxygens (including phenoxy) is 3. The van der Waals surface area contributed by atoms with E-state index in [4.69, 9.17) is 19.2 Å². The molecule has 0 bridgehead atoms. The summed E-state index contributed by atoms with van der Waals surface area (Å²) >= 11 is 0. The number of amides is 3. The molecule has 12 heteroatoms. The van der Waals surface area contributed by atoms with Crippen LogP contribution in [0.5, 0.6) is 0 Å². The topological polar surface area (TPSA) is 154 Å². The third-order valence-corrected chi connectivity index (χ3v) is 12.4. The first-order chi connectivity index (χ1) is 32.2. The second-order valence-electron chi connectivity index (χ2n) is 21.8. The number of hydrogen-bond donors (Lipinski definition) is 3. The third kappa shape index (κ3) is 17.1. The van der Waals surface area contributed by atoms with Gasteiger partial charge in [-0.1, -0.05) is 61.7 Å². The number of para-hydroxylation sites is 1. The molecule has 0 spiro atoms. The Bertz CT molecular complexity index is 2280. The van der Waals surface area contributed by atoms with Crippen LogP contribution in [-0.4, -0.2) is 68.2 Å². The number of carbonyl (C=O) groups is 3. The van der Waals surface area contributed by atoms with E-state index >= 15 is 0 Å². The fraction of sp³-hybridized carbons (Fsp3) is 0.536. The average molecular weight is 929 g/mol. The zero-order valence-corrected chi connectivity index (χ0v) is 42.0. The molecule has 3 saturated carbocycles. The average Bonchev–Trinajstić information content (AvgIpc) is 3.28. The summed E-state index contributed by atoms with van der Waals surface area (Å²) in [5.41, 5.74) is 4.30. The molecule has 6 unspecified atom stereocenters. The molecule has 3 fully saturated rings. The monoisotopic (exact) mass is 929 g/mol. The first kappa shape index (κ1) is 51.6. The first-order valence-electron chi connectivity index (χ1n) is 24.8. The number of benzene rings is 2. The number of nitrogens with zero attached hydrogens (tertiary/aromatic N) is 3. The van der Waals surface area contributed by atoms with Gasteiger partial charge in [-0.15, -0.1) is 0 Å². The zero-order chi connectivity index (χ0) is 48.9. The normalized spacial score (nSPS) is 22.0. The fourth-order valence-electron chi connectivity index (χ4n) is 9.50. The van der Waals surface area contributed by atoms with Crippen LogP contribution in [0, 0.1) is 0 Å². The van der Waals surface area contributed by atoms with Crippen molar-refractivity contribution < 1.29 is 28.6 Å². The molecule has 2 aromatic carbocycles. The summed E-state index contributed by atoms with van der Waals surface area (Å²) in [5, 5.41) is 11.4. The first-order valence-corrected chi connectivity index (χ1v) is 24.8. The summed E-state index contributed by atoms with van der Waals surface area (Å²) in [6.45, 7) is 17.0. The summed E-state index contributed by atoms with van der Waals surface area (Å²) in [5.74, 6) is 1.30. The Morgan fingerprint density at radius 2 is 0.956 bits per heavy atom. The number of carbonyl (C=O) groups excluding carboxylic acids is 3. The lowest BCUT2D eigenvalue weighted by molar-refractivity contribution is 0.0478. The van der Waals surface area contributed by atoms with Crippen LogP contribution in [0.2, 0.25) is 0 Å². The Morgan fingerprint density at radius 1 is 0.471 bits per heavy atom. The molecule has 3 heterocycles. The van der Waals surface area contributed by atoms with Gasteiger partial charge < -0.3 is 30.2 Å². The van der Waals surface area contributed by atoms with E-state index in [1.54, 1.807) is 0 Å². The van der Waals surface area contributed by atoms with Gasteiger partial charge in [0.15, 0.2) is 0 Å². The zero-order valence-electron chi connectivity index (χ0n) is 42.0. The van der Waals surface area contributed by atoms with E-state index in [9.17, 15) is 14.4 Å². The van der Waals surface area contributed by atoms with Crippen molar-refractivity contribution >= 4 is 40.1 Å². The molecule has 12 nitrogen and oxygen atoms in total. The molecule has 0 radical (unpaired) electrons. The second-order valence-corrected chi connectivity index (χ2v) is 21.8. The highest BCUT2D eigenvalue weighted by Gasteiger charge is 2.30. The van der Waals surface area contributed by atoms with Crippen LogP contribution in [0.4, 0.5) is 14.4 Å². The van der Waals surface area contributed by atoms with Gasteiger partial charge in [-0.25, -0.2) is 14.4 Å². The summed E-state index contributed by atoms with van der Waals surface area (Å²) < 4.78 is 16.1. The molecule has 68 heavy (non-hydrogen) atoms. The highest BCUT2D eigenvalue weighted by molar-refractivity contribution is 5.79. The Labute approximate surface area is 404 Å². The van der Waals surface area contributed by atoms with Gasteiger partial charge in [-0.05, 0) is 174 Å². The van der Waals surface area contributed by atoms with Gasteiger partial charge in [0.05, 0.1) is 11.0 Å². The van der Waals surface area contributed by atoms with Crippen molar-refractivity contribution in [3.05, 3.63) is 114 Å². The number of aromatic nitrogens is 3. The lowest BCUT2D eigenvalue weighted by Crippen LogP contribution is -2.41. The molecular formula is C56H76N6O6. The molecule has 3 amide bonds. The minimum atomic E-state index is -0.460. The van der Waals surface area contributed by atoms with Gasteiger partial charge in [0.25, 0.3) is 0 Å². The predicted molar refractivity (Wildman–Crippen MR) is 271 cm³/mol. The standard InChI is InChI=1S/2C20H26N2O2.C16H24N2O2/c1-20(2,3)24-19(23)22-17-8-4-6-14(13-17)15-9-10-18-16(12-15)7-5-11-21-18;1-20(2,3)24-19(23)21-16-9-6-8-15(13-16)18-12-11-14-7-4-5-10-17(14)22-18;1-16(2,3)20-15(19)18-13-8-6-7-12(11-13)14-9-4-5-10-17-14/h5,7,9-12,14,17H,4,6,8,13H2,1-3H3,(H,22,23);4-5,7,10-12,15-16H,6,8-9,13H2,1-3H3,(H,21,23);4-5,9-10,12-13H,6-8,11H2,1-3H3,(H,18,19). The molecule has 3 N–H and O–H groups in total. The maximum atomic E-state index is 12.0. The molecule has 5 aromatic rings. The third-order valence-electron chi connectivity index (χ3n) is 12.4. The van der Waals surface area contributed by atoms with Crippen molar-refractivity contribution in [3.8, 4) is 0 Å². The van der Waals surface area contributed by atoms with Gasteiger partial charge in [0, 0.05) is 64.5 Å². The molecule has 366 valence electrons. The van der Waals surface area contributed by atoms with E-state index in [0.29, 0.717) is 17.8 Å². The maximum Gasteiger partial charge on any atom is 0.407 e. The Kier molecular flexibility index (Phi) is 17.8. The molecular weight excluding hydrogens is 853 g/mol. The summed E-state index contributed by atoms with van der Waals surface area (Å²) in [7, 11) is 0. The molecule has 3 aliphatic rings. The molecule has 6 atom stereocenters. The number of hydrogen-bond acceptors (Lipinski definition) is 9. The van der Waals surface area contributed by atoms with Gasteiger partial charge >= 0.3 is 18.3 Å². The molecule has 8 rings (SSSR count). The van der Waals surface area contributed by atoms with Crippen LogP contribution in [0.1, 0.15) is 174 Å². The highest BCUT2D eigenvalue weighted by Crippen LogP contribution is 2.36. The minimum Gasteiger partial charge on any atom is -0.444 e. The molecule has 0 saturated heterocycles. The van der Waals surface area contributed by atoms with Crippen molar-refractivity contribution in [2.45, 2.75) is 192 Å². The predicted octanol–water partition coefficient (Wildman–Crippen LogP) is 13.2. The van der Waals surface area contributed by atoms with Gasteiger partial charge in [0.1, 0.15) is 16.8 Å². The lowest BCUT2D eigenvalue weighted by atomic mass is 9.81. The number of rotatable bonds is 6. The van der Waals surface area contributed by atoms with Crippen molar-refractivity contribution in [2.75, 3.05) is 0 Å². The van der Waals surface area contributed by atoms with Crippen molar-refractivity contribution in [2.24, 2.45) is 0 Å². The number of fused-ring (bicyclic) bond motifs is 2. The van der Waals surface area contributed by atoms with Crippen molar-refractivity contribution in [1.82, 2.24) is 30.9 Å². The van der Waals surface area contributed by atoms with E-state index in [-0.39, 0.29) is 36.4 Å². The molecule has 0 aliphatic heterocycles. The van der Waals surface area contributed by atoms with Gasteiger partial charge in [0.2, 0.25) is 0 Å². The van der Waals surface area contributed by atoms with Crippen molar-refractivity contribution in [3.63, 3.8) is 0 Å². The number of pyridine rings is 3. The van der Waals surface area contributed by atoms with Crippen LogP contribution < -0.4 is 16.0 Å². The lowest BCUT2D eigenvalue weighted by Gasteiger charge is -2.31. The van der Waals surface area contributed by atoms with E-state index in [0.717, 1.165) is 99.5 Å². The van der Waals surface area contributed by atoms with Crippen LogP contribution in [0.25, 0.3) is 21.8 Å². The fourth-order valence-corrected chi connectivity index (χ4v) is 9.50. The summed E-state index contributed by atoms with van der Waals surface area (Å²) in [4.78, 5) is 49.5. The van der Waals surface area contributed by atoms with Crippen LogP contribution >= 0.6 is 0 Å². The Balaban J connectivity index is 0.000000169. The largest absolute Gasteiger partial charge is 0.444 e. The number of alkyl carbamates (subject to hydrolysis) is 3. The van der Waals surface area contributed by atoms with Crippen LogP contribution in [-0.2, 0) is 14.2 Å². The second kappa shape index (κ2) is 23.5. The van der Waals surface area contributed by atoms with Crippen LogP contribution in [0.3, 0.4) is 0 Å². The number of nitrogens with one attached hydrogen (secondary N) is 3. The van der Waals surface area contributed by atoms with Crippen LogP contribution in [0.15, 0.2) is 97.3 Å². The minimum absolute atomic E-state index is 0.159. The van der Waals surface area contributed by atoms with E-state index in [1.165, 1.54) is 16.3 Å². The summed E-state index contributed by atoms with van der Waals surface area (Å²) in [6.07, 6.45) is 15.3.